The van der Waals surface area contributed by atoms with Gasteiger partial charge in [-0.2, -0.15) is 10.4 Å². The van der Waals surface area contributed by atoms with E-state index >= 15 is 0 Å². The van der Waals surface area contributed by atoms with Crippen LogP contribution in [0.2, 0.25) is 0 Å². The van der Waals surface area contributed by atoms with Gasteiger partial charge in [-0.3, -0.25) is 13.8 Å². The highest BCUT2D eigenvalue weighted by atomic mass is 19.1. The van der Waals surface area contributed by atoms with E-state index in [1.54, 1.807) is 22.9 Å². The largest absolute Gasteiger partial charge is 0.361 e. The third kappa shape index (κ3) is 3.07. The number of aromatic nitrogens is 6. The minimum absolute atomic E-state index is 0.103. The number of hydrogen-bond acceptors (Lipinski definition) is 6. The second-order valence-electron chi connectivity index (χ2n) is 7.09. The maximum atomic E-state index is 13.4. The molecule has 10 heteroatoms. The lowest BCUT2D eigenvalue weighted by atomic mass is 10.2. The molecule has 5 rings (SSSR count). The number of fused-ring (bicyclic) bond motifs is 3. The molecular formula is C22H17FN8O. The summed E-state index contributed by atoms with van der Waals surface area (Å²) in [5, 5.41) is 26.0. The summed E-state index contributed by atoms with van der Waals surface area (Å²) in [6.07, 6.45) is 1.68. The quantitative estimate of drug-likeness (QED) is 0.461. The van der Waals surface area contributed by atoms with Gasteiger partial charge < -0.3 is 5.32 Å². The number of nitriles is 1. The molecule has 0 aliphatic carbocycles. The summed E-state index contributed by atoms with van der Waals surface area (Å²) >= 11 is 0. The first kappa shape index (κ1) is 19.4. The van der Waals surface area contributed by atoms with E-state index in [0.717, 1.165) is 5.52 Å². The zero-order valence-electron chi connectivity index (χ0n) is 17.0. The molecule has 3 aromatic heterocycles. The molecule has 9 nitrogen and oxygen atoms in total. The van der Waals surface area contributed by atoms with Crippen molar-refractivity contribution in [1.82, 2.24) is 28.9 Å². The third-order valence-corrected chi connectivity index (χ3v) is 5.23. The molecule has 3 heterocycles. The first-order valence-electron chi connectivity index (χ1n) is 9.96. The standard InChI is InChI=1S/C22H17FN8O/c1-2-29-21(32)16-5-3-4-6-18(16)31-20(26-27-22(29)31)13-25-19-9-10-30(28-19)17-8-7-15(23)11-14(17)12-24/h3-11H,2,13H2,1H3,(H,25,28). The number of hydrogen-bond donors (Lipinski definition) is 1. The highest BCUT2D eigenvalue weighted by Gasteiger charge is 2.16. The molecule has 158 valence electrons. The van der Waals surface area contributed by atoms with Gasteiger partial charge in [-0.05, 0) is 37.3 Å². The maximum Gasteiger partial charge on any atom is 0.262 e. The van der Waals surface area contributed by atoms with Crippen LogP contribution >= 0.6 is 0 Å². The Morgan fingerprint density at radius 3 is 2.81 bits per heavy atom. The van der Waals surface area contributed by atoms with E-state index in [1.165, 1.54) is 22.9 Å². The summed E-state index contributed by atoms with van der Waals surface area (Å²) in [6.45, 7) is 2.67. The summed E-state index contributed by atoms with van der Waals surface area (Å²) in [4.78, 5) is 12.8. The number of nitrogens with one attached hydrogen (secondary N) is 1. The van der Waals surface area contributed by atoms with Crippen LogP contribution in [0.1, 0.15) is 18.3 Å². The molecule has 32 heavy (non-hydrogen) atoms. The molecule has 1 N–H and O–H groups in total. The van der Waals surface area contributed by atoms with E-state index in [0.29, 0.717) is 41.6 Å². The summed E-state index contributed by atoms with van der Waals surface area (Å²) in [6, 6.07) is 15.0. The smallest absolute Gasteiger partial charge is 0.262 e. The Labute approximate surface area is 181 Å². The number of benzene rings is 2. The molecule has 0 radical (unpaired) electrons. The summed E-state index contributed by atoms with van der Waals surface area (Å²) < 4.78 is 18.4. The van der Waals surface area contributed by atoms with E-state index in [9.17, 15) is 14.4 Å². The summed E-state index contributed by atoms with van der Waals surface area (Å²) in [5.74, 6) is 1.16. The summed E-state index contributed by atoms with van der Waals surface area (Å²) in [7, 11) is 0. The predicted molar refractivity (Wildman–Crippen MR) is 116 cm³/mol. The molecule has 5 aromatic rings. The van der Waals surface area contributed by atoms with Gasteiger partial charge in [-0.25, -0.2) is 9.07 Å². The summed E-state index contributed by atoms with van der Waals surface area (Å²) in [5.41, 5.74) is 1.29. The van der Waals surface area contributed by atoms with E-state index in [-0.39, 0.29) is 11.1 Å². The van der Waals surface area contributed by atoms with E-state index in [2.05, 4.69) is 20.6 Å². The molecule has 0 bridgehead atoms. The number of anilines is 1. The van der Waals surface area contributed by atoms with Crippen LogP contribution in [-0.2, 0) is 13.1 Å². The molecule has 0 aliphatic heterocycles. The van der Waals surface area contributed by atoms with Crippen LogP contribution < -0.4 is 10.9 Å². The first-order valence-corrected chi connectivity index (χ1v) is 9.96. The van der Waals surface area contributed by atoms with Crippen LogP contribution in [0, 0.1) is 17.1 Å². The Morgan fingerprint density at radius 1 is 1.16 bits per heavy atom. The van der Waals surface area contributed by atoms with Crippen molar-refractivity contribution in [2.24, 2.45) is 0 Å². The average molecular weight is 428 g/mol. The zero-order chi connectivity index (χ0) is 22.2. The van der Waals surface area contributed by atoms with Crippen LogP contribution in [0.5, 0.6) is 0 Å². The highest BCUT2D eigenvalue weighted by molar-refractivity contribution is 5.80. The lowest BCUT2D eigenvalue weighted by Gasteiger charge is -2.10. The van der Waals surface area contributed by atoms with Crippen molar-refractivity contribution < 1.29 is 4.39 Å². The second-order valence-corrected chi connectivity index (χ2v) is 7.09. The fourth-order valence-corrected chi connectivity index (χ4v) is 3.73. The molecule has 0 aliphatic rings. The number of para-hydroxylation sites is 1. The van der Waals surface area contributed by atoms with E-state index in [4.69, 9.17) is 0 Å². The molecule has 0 atom stereocenters. The molecule has 0 saturated heterocycles. The van der Waals surface area contributed by atoms with Crippen molar-refractivity contribution >= 4 is 22.5 Å². The van der Waals surface area contributed by atoms with Crippen LogP contribution in [0.15, 0.2) is 59.5 Å². The van der Waals surface area contributed by atoms with Crippen LogP contribution in [0.4, 0.5) is 10.2 Å². The van der Waals surface area contributed by atoms with Gasteiger partial charge >= 0.3 is 0 Å². The van der Waals surface area contributed by atoms with Gasteiger partial charge in [0.15, 0.2) is 5.82 Å². The Morgan fingerprint density at radius 2 is 2.00 bits per heavy atom. The molecule has 2 aromatic carbocycles. The Kier molecular flexibility index (Phi) is 4.63. The van der Waals surface area contributed by atoms with Crippen molar-refractivity contribution in [2.45, 2.75) is 20.0 Å². The fraction of sp³-hybridized carbons (Fsp3) is 0.136. The normalized spacial score (nSPS) is 11.2. The van der Waals surface area contributed by atoms with Gasteiger partial charge in [-0.1, -0.05) is 12.1 Å². The van der Waals surface area contributed by atoms with Crippen LogP contribution in [0.25, 0.3) is 22.4 Å². The fourth-order valence-electron chi connectivity index (χ4n) is 3.73. The lowest BCUT2D eigenvalue weighted by Crippen LogP contribution is -2.23. The number of aryl methyl sites for hydroxylation is 1. The lowest BCUT2D eigenvalue weighted by molar-refractivity contribution is 0.626. The van der Waals surface area contributed by atoms with Gasteiger partial charge in [0.2, 0.25) is 5.78 Å². The Balaban J connectivity index is 1.49. The maximum absolute atomic E-state index is 13.4. The van der Waals surface area contributed by atoms with Crippen molar-refractivity contribution in [3.63, 3.8) is 0 Å². The van der Waals surface area contributed by atoms with Gasteiger partial charge in [0, 0.05) is 18.8 Å². The number of nitrogens with zero attached hydrogens (tertiary/aromatic N) is 7. The minimum atomic E-state index is -0.479. The monoisotopic (exact) mass is 428 g/mol. The molecule has 0 spiro atoms. The Hall–Kier alpha value is -4.52. The zero-order valence-corrected chi connectivity index (χ0v) is 17.0. The van der Waals surface area contributed by atoms with E-state index < -0.39 is 5.82 Å². The SMILES string of the molecule is CCn1c(=O)c2ccccc2n2c(CNc3ccn(-c4ccc(F)cc4C#N)n3)nnc12. The van der Waals surface area contributed by atoms with Gasteiger partial charge in [0.25, 0.3) is 5.56 Å². The topological polar surface area (TPSA) is 106 Å². The molecule has 0 amide bonds. The van der Waals surface area contributed by atoms with Crippen LogP contribution in [0.3, 0.4) is 0 Å². The van der Waals surface area contributed by atoms with Crippen molar-refractivity contribution in [3.05, 3.63) is 82.3 Å². The minimum Gasteiger partial charge on any atom is -0.361 e. The van der Waals surface area contributed by atoms with Gasteiger partial charge in [0.05, 0.1) is 28.7 Å². The van der Waals surface area contributed by atoms with Gasteiger partial charge in [0.1, 0.15) is 17.7 Å². The van der Waals surface area contributed by atoms with Crippen molar-refractivity contribution in [1.29, 1.82) is 5.26 Å². The second kappa shape index (κ2) is 7.63. The first-order chi connectivity index (χ1) is 15.6. The average Bonchev–Trinajstić information content (AvgIpc) is 3.45. The highest BCUT2D eigenvalue weighted by Crippen LogP contribution is 2.18. The predicted octanol–water partition coefficient (Wildman–Crippen LogP) is 2.87. The van der Waals surface area contributed by atoms with E-state index in [1.807, 2.05) is 35.6 Å². The van der Waals surface area contributed by atoms with Crippen LogP contribution in [-0.4, -0.2) is 28.9 Å². The van der Waals surface area contributed by atoms with Crippen molar-refractivity contribution in [2.75, 3.05) is 5.32 Å². The molecule has 0 unspecified atom stereocenters. The molecular weight excluding hydrogens is 411 g/mol. The number of halogens is 1. The Bertz CT molecular complexity index is 1570. The molecule has 0 saturated carbocycles. The third-order valence-electron chi connectivity index (χ3n) is 5.23. The number of rotatable bonds is 5. The van der Waals surface area contributed by atoms with Gasteiger partial charge in [-0.15, -0.1) is 10.2 Å². The van der Waals surface area contributed by atoms with Crippen molar-refractivity contribution in [3.8, 4) is 11.8 Å². The molecule has 0 fully saturated rings.